The molecular weight excluding hydrogens is 296 g/mol. The Balaban J connectivity index is 2.12. The highest BCUT2D eigenvalue weighted by Crippen LogP contribution is 2.24. The van der Waals surface area contributed by atoms with E-state index < -0.39 is 0 Å². The van der Waals surface area contributed by atoms with Crippen LogP contribution in [-0.4, -0.2) is 4.57 Å². The van der Waals surface area contributed by atoms with Gasteiger partial charge in [-0.25, -0.2) is 0 Å². The van der Waals surface area contributed by atoms with E-state index in [9.17, 15) is 10.1 Å². The Hall–Kier alpha value is -2.86. The van der Waals surface area contributed by atoms with Crippen LogP contribution in [0.25, 0.3) is 10.8 Å². The van der Waals surface area contributed by atoms with Crippen molar-refractivity contribution in [3.63, 3.8) is 0 Å². The van der Waals surface area contributed by atoms with Gasteiger partial charge in [0.15, 0.2) is 0 Å². The zero-order valence-electron chi connectivity index (χ0n) is 14.2. The van der Waals surface area contributed by atoms with Crippen molar-refractivity contribution in [1.29, 1.82) is 5.26 Å². The monoisotopic (exact) mass is 316 g/mol. The maximum atomic E-state index is 12.9. The fourth-order valence-electron chi connectivity index (χ4n) is 2.82. The topological polar surface area (TPSA) is 45.8 Å². The van der Waals surface area contributed by atoms with Crippen molar-refractivity contribution in [2.24, 2.45) is 0 Å². The molecule has 0 radical (unpaired) electrons. The molecule has 1 aromatic heterocycles. The van der Waals surface area contributed by atoms with Gasteiger partial charge in [-0.05, 0) is 40.1 Å². The minimum Gasteiger partial charge on any atom is -0.311 e. The summed E-state index contributed by atoms with van der Waals surface area (Å²) >= 11 is 0. The second-order valence-electron chi connectivity index (χ2n) is 7.07. The number of aromatic nitrogens is 1. The molecule has 3 heteroatoms. The highest BCUT2D eigenvalue weighted by Gasteiger charge is 2.15. The van der Waals surface area contributed by atoms with Gasteiger partial charge in [0.25, 0.3) is 5.56 Å². The SMILES string of the molecule is CC(C)(C)c1ccc2ccn(Cc3ccccc3C#N)c(=O)c2c1. The van der Waals surface area contributed by atoms with E-state index in [1.54, 1.807) is 16.8 Å². The predicted octanol–water partition coefficient (Wildman–Crippen LogP) is 4.22. The predicted molar refractivity (Wildman–Crippen MR) is 97.2 cm³/mol. The molecule has 0 unspecified atom stereocenters. The minimum atomic E-state index is -0.0219. The molecule has 3 aromatic rings. The van der Waals surface area contributed by atoms with E-state index in [-0.39, 0.29) is 11.0 Å². The first-order chi connectivity index (χ1) is 11.4. The van der Waals surface area contributed by atoms with Crippen molar-refractivity contribution >= 4 is 10.8 Å². The molecule has 0 N–H and O–H groups in total. The molecule has 0 aliphatic rings. The van der Waals surface area contributed by atoms with Gasteiger partial charge in [0, 0.05) is 11.6 Å². The number of benzene rings is 2. The number of nitriles is 1. The van der Waals surface area contributed by atoms with Crippen molar-refractivity contribution in [2.45, 2.75) is 32.7 Å². The number of hydrogen-bond acceptors (Lipinski definition) is 2. The number of pyridine rings is 1. The highest BCUT2D eigenvalue weighted by molar-refractivity contribution is 5.82. The molecule has 1 heterocycles. The third kappa shape index (κ3) is 2.96. The summed E-state index contributed by atoms with van der Waals surface area (Å²) in [7, 11) is 0. The van der Waals surface area contributed by atoms with Crippen molar-refractivity contribution in [3.05, 3.63) is 81.8 Å². The van der Waals surface area contributed by atoms with E-state index in [4.69, 9.17) is 0 Å². The molecule has 0 aliphatic heterocycles. The number of hydrogen-bond donors (Lipinski definition) is 0. The summed E-state index contributed by atoms with van der Waals surface area (Å²) in [5.41, 5.74) is 2.57. The zero-order chi connectivity index (χ0) is 17.3. The van der Waals surface area contributed by atoms with E-state index in [1.165, 1.54) is 0 Å². The van der Waals surface area contributed by atoms with Gasteiger partial charge in [-0.15, -0.1) is 0 Å². The Morgan fingerprint density at radius 3 is 2.54 bits per heavy atom. The van der Waals surface area contributed by atoms with E-state index in [0.717, 1.165) is 21.9 Å². The maximum absolute atomic E-state index is 12.9. The Bertz CT molecular complexity index is 1000. The van der Waals surface area contributed by atoms with Gasteiger partial charge < -0.3 is 4.57 Å². The molecule has 0 saturated carbocycles. The number of rotatable bonds is 2. The molecule has 0 aliphatic carbocycles. The van der Waals surface area contributed by atoms with Crippen LogP contribution in [0.2, 0.25) is 0 Å². The summed E-state index contributed by atoms with van der Waals surface area (Å²) in [4.78, 5) is 12.9. The molecule has 0 saturated heterocycles. The van der Waals surface area contributed by atoms with Gasteiger partial charge in [-0.1, -0.05) is 51.1 Å². The van der Waals surface area contributed by atoms with Crippen LogP contribution in [0, 0.1) is 11.3 Å². The van der Waals surface area contributed by atoms with Crippen LogP contribution in [0.15, 0.2) is 59.5 Å². The van der Waals surface area contributed by atoms with Gasteiger partial charge in [-0.2, -0.15) is 5.26 Å². The van der Waals surface area contributed by atoms with E-state index in [0.29, 0.717) is 12.1 Å². The molecule has 0 bridgehead atoms. The Morgan fingerprint density at radius 2 is 1.83 bits per heavy atom. The Morgan fingerprint density at radius 1 is 1.08 bits per heavy atom. The van der Waals surface area contributed by atoms with Crippen LogP contribution in [0.3, 0.4) is 0 Å². The first kappa shape index (κ1) is 16.0. The molecule has 3 nitrogen and oxygen atoms in total. The van der Waals surface area contributed by atoms with Crippen molar-refractivity contribution in [1.82, 2.24) is 4.57 Å². The van der Waals surface area contributed by atoms with Crippen LogP contribution in [-0.2, 0) is 12.0 Å². The van der Waals surface area contributed by atoms with Crippen LogP contribution < -0.4 is 5.56 Å². The standard InChI is InChI=1S/C21H20N2O/c1-21(2,3)18-9-8-15-10-11-23(20(24)19(15)12-18)14-17-7-5-4-6-16(17)13-22/h4-12H,14H2,1-3H3. The lowest BCUT2D eigenvalue weighted by Gasteiger charge is -2.19. The lowest BCUT2D eigenvalue weighted by molar-refractivity contribution is 0.591. The highest BCUT2D eigenvalue weighted by atomic mass is 16.1. The summed E-state index contributed by atoms with van der Waals surface area (Å²) in [5, 5.41) is 10.9. The second kappa shape index (κ2) is 5.98. The van der Waals surface area contributed by atoms with Crippen LogP contribution >= 0.6 is 0 Å². The minimum absolute atomic E-state index is 0.00525. The smallest absolute Gasteiger partial charge is 0.258 e. The molecule has 0 amide bonds. The quantitative estimate of drug-likeness (QED) is 0.710. The first-order valence-corrected chi connectivity index (χ1v) is 8.02. The van der Waals surface area contributed by atoms with Crippen molar-refractivity contribution < 1.29 is 0 Å². The van der Waals surface area contributed by atoms with Crippen LogP contribution in [0.4, 0.5) is 0 Å². The van der Waals surface area contributed by atoms with Gasteiger partial charge >= 0.3 is 0 Å². The first-order valence-electron chi connectivity index (χ1n) is 8.02. The normalized spacial score (nSPS) is 11.4. The Kier molecular flexibility index (Phi) is 3.99. The van der Waals surface area contributed by atoms with E-state index in [1.807, 2.05) is 36.4 Å². The van der Waals surface area contributed by atoms with Crippen molar-refractivity contribution in [3.8, 4) is 6.07 Å². The van der Waals surface area contributed by atoms with Gasteiger partial charge in [-0.3, -0.25) is 4.79 Å². The molecule has 24 heavy (non-hydrogen) atoms. The van der Waals surface area contributed by atoms with E-state index in [2.05, 4.69) is 32.9 Å². The van der Waals surface area contributed by atoms with Crippen molar-refractivity contribution in [2.75, 3.05) is 0 Å². The number of nitrogens with zero attached hydrogens (tertiary/aromatic N) is 2. The molecule has 0 spiro atoms. The summed E-state index contributed by atoms with van der Waals surface area (Å²) in [6, 6.07) is 17.6. The molecule has 120 valence electrons. The lowest BCUT2D eigenvalue weighted by atomic mass is 9.86. The lowest BCUT2D eigenvalue weighted by Crippen LogP contribution is -2.21. The third-order valence-corrected chi connectivity index (χ3v) is 4.32. The molecule has 2 aromatic carbocycles. The van der Waals surface area contributed by atoms with Gasteiger partial charge in [0.1, 0.15) is 0 Å². The van der Waals surface area contributed by atoms with Crippen LogP contribution in [0.1, 0.15) is 37.5 Å². The summed E-state index contributed by atoms with van der Waals surface area (Å²) in [6.07, 6.45) is 1.80. The zero-order valence-corrected chi connectivity index (χ0v) is 14.2. The van der Waals surface area contributed by atoms with E-state index >= 15 is 0 Å². The summed E-state index contributed by atoms with van der Waals surface area (Å²) in [6.45, 7) is 6.81. The average Bonchev–Trinajstić information content (AvgIpc) is 2.57. The molecule has 3 rings (SSSR count). The fourth-order valence-corrected chi connectivity index (χ4v) is 2.82. The molecular formula is C21H20N2O. The number of fused-ring (bicyclic) bond motifs is 1. The third-order valence-electron chi connectivity index (χ3n) is 4.32. The summed E-state index contributed by atoms with van der Waals surface area (Å²) in [5.74, 6) is 0. The fraction of sp³-hybridized carbons (Fsp3) is 0.238. The van der Waals surface area contributed by atoms with Gasteiger partial charge in [0.05, 0.1) is 18.2 Å². The second-order valence-corrected chi connectivity index (χ2v) is 7.07. The Labute approximate surface area is 141 Å². The van der Waals surface area contributed by atoms with Gasteiger partial charge in [0.2, 0.25) is 0 Å². The largest absolute Gasteiger partial charge is 0.311 e. The average molecular weight is 316 g/mol. The van der Waals surface area contributed by atoms with Crippen LogP contribution in [0.5, 0.6) is 0 Å². The molecule has 0 atom stereocenters. The molecule has 0 fully saturated rings. The maximum Gasteiger partial charge on any atom is 0.258 e. The summed E-state index contributed by atoms with van der Waals surface area (Å²) < 4.78 is 1.67.